The highest BCUT2D eigenvalue weighted by Gasteiger charge is 2.24. The van der Waals surface area contributed by atoms with Crippen LogP contribution in [0.5, 0.6) is 0 Å². The summed E-state index contributed by atoms with van der Waals surface area (Å²) in [5, 5.41) is 0. The fourth-order valence-corrected chi connectivity index (χ4v) is 2.22. The highest BCUT2D eigenvalue weighted by Crippen LogP contribution is 2.20. The van der Waals surface area contributed by atoms with Crippen LogP contribution in [0.15, 0.2) is 10.9 Å². The number of rotatable bonds is 2. The maximum Gasteiger partial charge on any atom is 0.343 e. The number of fused-ring (bicyclic) bond motifs is 1. The number of hydrogen-bond acceptors (Lipinski definition) is 4. The van der Waals surface area contributed by atoms with E-state index in [0.717, 1.165) is 6.42 Å². The Morgan fingerprint density at radius 2 is 2.11 bits per heavy atom. The van der Waals surface area contributed by atoms with Gasteiger partial charge in [0.15, 0.2) is 5.78 Å². The zero-order chi connectivity index (χ0) is 13.3. The lowest BCUT2D eigenvalue weighted by molar-refractivity contribution is 0.0523. The van der Waals surface area contributed by atoms with Crippen molar-refractivity contribution in [3.05, 3.63) is 33.2 Å². The van der Waals surface area contributed by atoms with Crippen molar-refractivity contribution in [2.24, 2.45) is 7.05 Å². The number of carbonyl (C=O) groups is 2. The molecule has 5 nitrogen and oxygen atoms in total. The molecule has 1 aliphatic rings. The summed E-state index contributed by atoms with van der Waals surface area (Å²) in [4.78, 5) is 35.5. The van der Waals surface area contributed by atoms with Crippen LogP contribution in [0, 0.1) is 0 Å². The van der Waals surface area contributed by atoms with Gasteiger partial charge >= 0.3 is 5.97 Å². The zero-order valence-corrected chi connectivity index (χ0v) is 10.5. The van der Waals surface area contributed by atoms with Crippen LogP contribution in [-0.4, -0.2) is 22.9 Å². The summed E-state index contributed by atoms with van der Waals surface area (Å²) in [6, 6.07) is 1.39. The molecule has 5 heteroatoms. The summed E-state index contributed by atoms with van der Waals surface area (Å²) in [7, 11) is 1.59. The van der Waals surface area contributed by atoms with Crippen molar-refractivity contribution in [1.82, 2.24) is 4.57 Å². The molecule has 0 spiro atoms. The minimum atomic E-state index is -0.667. The third-order valence-electron chi connectivity index (χ3n) is 3.15. The molecular weight excluding hydrogens is 234 g/mol. The molecular formula is C13H15NO4. The molecule has 0 amide bonds. The molecule has 0 radical (unpaired) electrons. The topological polar surface area (TPSA) is 65.4 Å². The number of hydrogen-bond donors (Lipinski definition) is 0. The molecule has 0 N–H and O–H groups in total. The Kier molecular flexibility index (Phi) is 3.32. The molecule has 0 fully saturated rings. The van der Waals surface area contributed by atoms with Gasteiger partial charge in [-0.1, -0.05) is 0 Å². The number of Topliss-reactive ketones (excluding diaryl/α,β-unsaturated/α-hetero) is 1. The fraction of sp³-hybridized carbons (Fsp3) is 0.462. The van der Waals surface area contributed by atoms with Gasteiger partial charge in [0.05, 0.1) is 6.61 Å². The van der Waals surface area contributed by atoms with Gasteiger partial charge in [0.2, 0.25) is 0 Å². The number of ketones is 1. The molecule has 0 aliphatic heterocycles. The highest BCUT2D eigenvalue weighted by molar-refractivity contribution is 6.00. The maximum atomic E-state index is 12.0. The van der Waals surface area contributed by atoms with Gasteiger partial charge in [0.1, 0.15) is 5.56 Å². The number of ether oxygens (including phenoxy) is 1. The van der Waals surface area contributed by atoms with Crippen LogP contribution in [0.3, 0.4) is 0 Å². The van der Waals surface area contributed by atoms with Crippen molar-refractivity contribution in [2.45, 2.75) is 26.2 Å². The Morgan fingerprint density at radius 3 is 2.78 bits per heavy atom. The Labute approximate surface area is 104 Å². The zero-order valence-electron chi connectivity index (χ0n) is 10.5. The molecule has 0 unspecified atom stereocenters. The number of carbonyl (C=O) groups excluding carboxylic acids is 2. The molecule has 1 heterocycles. The van der Waals surface area contributed by atoms with Gasteiger partial charge < -0.3 is 9.30 Å². The Bertz CT molecular complexity index is 571. The monoisotopic (exact) mass is 249 g/mol. The highest BCUT2D eigenvalue weighted by atomic mass is 16.5. The van der Waals surface area contributed by atoms with Crippen LogP contribution in [0.2, 0.25) is 0 Å². The first-order valence-electron chi connectivity index (χ1n) is 5.99. The molecule has 1 aliphatic carbocycles. The summed E-state index contributed by atoms with van der Waals surface area (Å²) in [6.45, 7) is 1.87. The molecule has 0 atom stereocenters. The molecule has 0 bridgehead atoms. The van der Waals surface area contributed by atoms with E-state index in [1.54, 1.807) is 14.0 Å². The molecule has 96 valence electrons. The van der Waals surface area contributed by atoms with Gasteiger partial charge in [-0.05, 0) is 25.8 Å². The minimum Gasteiger partial charge on any atom is -0.462 e. The standard InChI is InChI=1S/C13H15NO4/c1-3-18-13(17)9-7-8-10(14(2)12(9)16)5-4-6-11(8)15/h7H,3-6H2,1-2H3. The first-order valence-corrected chi connectivity index (χ1v) is 5.99. The van der Waals surface area contributed by atoms with Crippen molar-refractivity contribution in [3.63, 3.8) is 0 Å². The minimum absolute atomic E-state index is 0.0163. The first-order chi connectivity index (χ1) is 8.56. The molecule has 0 saturated heterocycles. The van der Waals surface area contributed by atoms with Gasteiger partial charge in [-0.2, -0.15) is 0 Å². The van der Waals surface area contributed by atoms with Gasteiger partial charge in [0.25, 0.3) is 5.56 Å². The predicted octanol–water partition coefficient (Wildman–Crippen LogP) is 1.08. The van der Waals surface area contributed by atoms with E-state index in [9.17, 15) is 14.4 Å². The lowest BCUT2D eigenvalue weighted by Crippen LogP contribution is -2.31. The smallest absolute Gasteiger partial charge is 0.343 e. The SMILES string of the molecule is CCOC(=O)c1cc2c(n(C)c1=O)CCCC2=O. The average Bonchev–Trinajstić information content (AvgIpc) is 2.34. The lowest BCUT2D eigenvalue weighted by Gasteiger charge is -2.18. The number of esters is 1. The van der Waals surface area contributed by atoms with E-state index in [2.05, 4.69) is 0 Å². The van der Waals surface area contributed by atoms with Crippen molar-refractivity contribution in [3.8, 4) is 0 Å². The van der Waals surface area contributed by atoms with Crippen molar-refractivity contribution in [2.75, 3.05) is 6.61 Å². The van der Waals surface area contributed by atoms with Crippen LogP contribution < -0.4 is 5.56 Å². The predicted molar refractivity (Wildman–Crippen MR) is 64.9 cm³/mol. The summed E-state index contributed by atoms with van der Waals surface area (Å²) >= 11 is 0. The van der Waals surface area contributed by atoms with Crippen LogP contribution >= 0.6 is 0 Å². The molecule has 0 saturated carbocycles. The molecule has 18 heavy (non-hydrogen) atoms. The van der Waals surface area contributed by atoms with Gasteiger partial charge in [0, 0.05) is 24.7 Å². The number of pyridine rings is 1. The molecule has 1 aromatic rings. The third-order valence-corrected chi connectivity index (χ3v) is 3.15. The maximum absolute atomic E-state index is 12.0. The van der Waals surface area contributed by atoms with E-state index < -0.39 is 11.5 Å². The van der Waals surface area contributed by atoms with E-state index in [1.165, 1.54) is 10.6 Å². The number of aromatic nitrogens is 1. The Morgan fingerprint density at radius 1 is 1.39 bits per heavy atom. The van der Waals surface area contributed by atoms with Crippen LogP contribution in [0.1, 0.15) is 46.2 Å². The Hall–Kier alpha value is -1.91. The molecule has 2 rings (SSSR count). The van der Waals surface area contributed by atoms with E-state index >= 15 is 0 Å². The van der Waals surface area contributed by atoms with Gasteiger partial charge in [-0.3, -0.25) is 9.59 Å². The summed E-state index contributed by atoms with van der Waals surface area (Å²) < 4.78 is 6.21. The molecule has 1 aromatic heterocycles. The van der Waals surface area contributed by atoms with E-state index in [1.807, 2.05) is 0 Å². The average molecular weight is 249 g/mol. The Balaban J connectivity index is 2.60. The van der Waals surface area contributed by atoms with Gasteiger partial charge in [-0.25, -0.2) is 4.79 Å². The quantitative estimate of drug-likeness (QED) is 0.736. The second-order valence-corrected chi connectivity index (χ2v) is 4.28. The van der Waals surface area contributed by atoms with Crippen LogP contribution in [0.4, 0.5) is 0 Å². The van der Waals surface area contributed by atoms with Crippen LogP contribution in [0.25, 0.3) is 0 Å². The van der Waals surface area contributed by atoms with Crippen molar-refractivity contribution >= 4 is 11.8 Å². The summed E-state index contributed by atoms with van der Waals surface area (Å²) in [6.07, 6.45) is 1.90. The summed E-state index contributed by atoms with van der Waals surface area (Å²) in [5.41, 5.74) is 0.728. The lowest BCUT2D eigenvalue weighted by atomic mass is 9.93. The van der Waals surface area contributed by atoms with Crippen molar-refractivity contribution in [1.29, 1.82) is 0 Å². The second kappa shape index (κ2) is 4.76. The fourth-order valence-electron chi connectivity index (χ4n) is 2.22. The largest absolute Gasteiger partial charge is 0.462 e. The first kappa shape index (κ1) is 12.5. The van der Waals surface area contributed by atoms with Crippen LogP contribution in [-0.2, 0) is 18.2 Å². The number of nitrogens with zero attached hydrogens (tertiary/aromatic N) is 1. The van der Waals surface area contributed by atoms with E-state index in [4.69, 9.17) is 4.74 Å². The summed E-state index contributed by atoms with van der Waals surface area (Å²) in [5.74, 6) is -0.684. The third kappa shape index (κ3) is 1.96. The van der Waals surface area contributed by atoms with E-state index in [0.29, 0.717) is 24.1 Å². The second-order valence-electron chi connectivity index (χ2n) is 4.28. The van der Waals surface area contributed by atoms with Gasteiger partial charge in [-0.15, -0.1) is 0 Å². The molecule has 0 aromatic carbocycles. The van der Waals surface area contributed by atoms with E-state index in [-0.39, 0.29) is 18.0 Å². The normalized spacial score (nSPS) is 14.2. The van der Waals surface area contributed by atoms with Crippen molar-refractivity contribution < 1.29 is 14.3 Å².